The molecule has 0 spiro atoms. The lowest BCUT2D eigenvalue weighted by atomic mass is 9.94. The molecule has 1 aliphatic heterocycles. The quantitative estimate of drug-likeness (QED) is 0.788. The van der Waals surface area contributed by atoms with E-state index < -0.39 is 6.10 Å². The Morgan fingerprint density at radius 3 is 3.11 bits per heavy atom. The van der Waals surface area contributed by atoms with E-state index in [1.54, 1.807) is 0 Å². The molecule has 0 saturated heterocycles. The second-order valence-corrected chi connectivity index (χ2v) is 4.77. The number of aliphatic hydroxyl groups is 1. The summed E-state index contributed by atoms with van der Waals surface area (Å²) in [5, 5.41) is 9.95. The van der Waals surface area contributed by atoms with Crippen LogP contribution < -0.4 is 0 Å². The predicted octanol–water partition coefficient (Wildman–Crippen LogP) is 2.48. The van der Waals surface area contributed by atoms with E-state index in [-0.39, 0.29) is 6.10 Å². The third-order valence-electron chi connectivity index (χ3n) is 3.24. The standard InChI is InChI=1S/C15H22O3/c1-2-8-17-11-13(16)10-15-14-6-4-3-5-12(14)7-9-18-15/h3-6,13,15-16H,2,7-11H2,1H3. The van der Waals surface area contributed by atoms with Crippen molar-refractivity contribution in [3.63, 3.8) is 0 Å². The van der Waals surface area contributed by atoms with Crippen LogP contribution in [0.25, 0.3) is 0 Å². The molecular formula is C15H22O3. The van der Waals surface area contributed by atoms with E-state index in [2.05, 4.69) is 25.1 Å². The van der Waals surface area contributed by atoms with Gasteiger partial charge in [0.05, 0.1) is 25.4 Å². The highest BCUT2D eigenvalue weighted by Crippen LogP contribution is 2.30. The molecule has 18 heavy (non-hydrogen) atoms. The van der Waals surface area contributed by atoms with Crippen molar-refractivity contribution in [2.75, 3.05) is 19.8 Å². The normalized spacial score (nSPS) is 20.4. The van der Waals surface area contributed by atoms with Crippen molar-refractivity contribution in [2.24, 2.45) is 0 Å². The molecule has 0 fully saturated rings. The smallest absolute Gasteiger partial charge is 0.0853 e. The van der Waals surface area contributed by atoms with E-state index in [0.29, 0.717) is 19.6 Å². The number of aliphatic hydroxyl groups excluding tert-OH is 1. The molecule has 1 aromatic rings. The Labute approximate surface area is 109 Å². The minimum Gasteiger partial charge on any atom is -0.391 e. The molecule has 1 heterocycles. The first-order valence-corrected chi connectivity index (χ1v) is 6.76. The summed E-state index contributed by atoms with van der Waals surface area (Å²) in [4.78, 5) is 0. The fraction of sp³-hybridized carbons (Fsp3) is 0.600. The summed E-state index contributed by atoms with van der Waals surface area (Å²) in [7, 11) is 0. The highest BCUT2D eigenvalue weighted by atomic mass is 16.5. The van der Waals surface area contributed by atoms with Crippen LogP contribution in [0.5, 0.6) is 0 Å². The number of benzene rings is 1. The van der Waals surface area contributed by atoms with Gasteiger partial charge < -0.3 is 14.6 Å². The van der Waals surface area contributed by atoms with Crippen LogP contribution in [0.15, 0.2) is 24.3 Å². The monoisotopic (exact) mass is 250 g/mol. The third kappa shape index (κ3) is 3.55. The van der Waals surface area contributed by atoms with E-state index in [1.807, 2.05) is 6.07 Å². The van der Waals surface area contributed by atoms with Crippen molar-refractivity contribution >= 4 is 0 Å². The maximum atomic E-state index is 9.95. The second kappa shape index (κ2) is 6.88. The lowest BCUT2D eigenvalue weighted by Crippen LogP contribution is -2.24. The molecule has 3 nitrogen and oxygen atoms in total. The number of hydrogen-bond acceptors (Lipinski definition) is 3. The second-order valence-electron chi connectivity index (χ2n) is 4.77. The van der Waals surface area contributed by atoms with Gasteiger partial charge in [-0.3, -0.25) is 0 Å². The molecule has 3 heteroatoms. The van der Waals surface area contributed by atoms with Crippen molar-refractivity contribution in [1.82, 2.24) is 0 Å². The Hall–Kier alpha value is -0.900. The summed E-state index contributed by atoms with van der Waals surface area (Å²) >= 11 is 0. The van der Waals surface area contributed by atoms with Crippen LogP contribution in [-0.4, -0.2) is 31.0 Å². The molecule has 2 unspecified atom stereocenters. The molecule has 0 aromatic heterocycles. The number of ether oxygens (including phenoxy) is 2. The van der Waals surface area contributed by atoms with Crippen molar-refractivity contribution in [1.29, 1.82) is 0 Å². The molecule has 1 aliphatic rings. The van der Waals surface area contributed by atoms with Gasteiger partial charge in [-0.1, -0.05) is 31.2 Å². The number of hydrogen-bond donors (Lipinski definition) is 1. The summed E-state index contributed by atoms with van der Waals surface area (Å²) in [6, 6.07) is 8.33. The van der Waals surface area contributed by atoms with Gasteiger partial charge in [0.1, 0.15) is 0 Å². The van der Waals surface area contributed by atoms with E-state index >= 15 is 0 Å². The van der Waals surface area contributed by atoms with Crippen molar-refractivity contribution < 1.29 is 14.6 Å². The number of fused-ring (bicyclic) bond motifs is 1. The molecule has 1 N–H and O–H groups in total. The van der Waals surface area contributed by atoms with E-state index in [1.165, 1.54) is 11.1 Å². The Kier molecular flexibility index (Phi) is 5.17. The van der Waals surface area contributed by atoms with E-state index in [4.69, 9.17) is 9.47 Å². The first-order chi connectivity index (χ1) is 8.81. The molecule has 1 aromatic carbocycles. The zero-order chi connectivity index (χ0) is 12.8. The Morgan fingerprint density at radius 2 is 2.28 bits per heavy atom. The van der Waals surface area contributed by atoms with Crippen LogP contribution in [0.2, 0.25) is 0 Å². The highest BCUT2D eigenvalue weighted by Gasteiger charge is 2.23. The van der Waals surface area contributed by atoms with Gasteiger partial charge in [0.25, 0.3) is 0 Å². The highest BCUT2D eigenvalue weighted by molar-refractivity contribution is 5.30. The zero-order valence-corrected chi connectivity index (χ0v) is 11.0. The van der Waals surface area contributed by atoms with Gasteiger partial charge >= 0.3 is 0 Å². The van der Waals surface area contributed by atoms with Crippen LogP contribution in [0.1, 0.15) is 37.0 Å². The maximum Gasteiger partial charge on any atom is 0.0853 e. The Morgan fingerprint density at radius 1 is 1.44 bits per heavy atom. The summed E-state index contributed by atoms with van der Waals surface area (Å²) in [5.41, 5.74) is 2.56. The molecule has 100 valence electrons. The minimum absolute atomic E-state index is 0.00942. The SMILES string of the molecule is CCCOCC(O)CC1OCCc2ccccc21. The van der Waals surface area contributed by atoms with Crippen LogP contribution in [0.3, 0.4) is 0 Å². The topological polar surface area (TPSA) is 38.7 Å². The third-order valence-corrected chi connectivity index (χ3v) is 3.24. The molecular weight excluding hydrogens is 228 g/mol. The van der Waals surface area contributed by atoms with Crippen LogP contribution >= 0.6 is 0 Å². The summed E-state index contributed by atoms with van der Waals surface area (Å²) in [5.74, 6) is 0. The lowest BCUT2D eigenvalue weighted by Gasteiger charge is -2.27. The minimum atomic E-state index is -0.451. The van der Waals surface area contributed by atoms with E-state index in [9.17, 15) is 5.11 Å². The van der Waals surface area contributed by atoms with Gasteiger partial charge in [-0.05, 0) is 24.0 Å². The van der Waals surface area contributed by atoms with Gasteiger partial charge in [-0.15, -0.1) is 0 Å². The molecule has 0 amide bonds. The molecule has 2 rings (SSSR count). The predicted molar refractivity (Wildman–Crippen MR) is 70.6 cm³/mol. The first kappa shape index (κ1) is 13.5. The Balaban J connectivity index is 1.90. The Bertz CT molecular complexity index is 365. The van der Waals surface area contributed by atoms with Gasteiger partial charge in [0, 0.05) is 13.0 Å². The summed E-state index contributed by atoms with van der Waals surface area (Å²) in [6.07, 6.45) is 2.12. The molecule has 0 bridgehead atoms. The van der Waals surface area contributed by atoms with Crippen molar-refractivity contribution in [3.8, 4) is 0 Å². The number of rotatable bonds is 6. The summed E-state index contributed by atoms with van der Waals surface area (Å²) in [6.45, 7) is 3.91. The van der Waals surface area contributed by atoms with Crippen LogP contribution in [-0.2, 0) is 15.9 Å². The molecule has 0 radical (unpaired) electrons. The lowest BCUT2D eigenvalue weighted by molar-refractivity contribution is -0.0250. The largest absolute Gasteiger partial charge is 0.391 e. The van der Waals surface area contributed by atoms with Gasteiger partial charge in [-0.2, -0.15) is 0 Å². The van der Waals surface area contributed by atoms with Crippen LogP contribution in [0.4, 0.5) is 0 Å². The fourth-order valence-electron chi connectivity index (χ4n) is 2.35. The average Bonchev–Trinajstić information content (AvgIpc) is 2.39. The average molecular weight is 250 g/mol. The molecule has 2 atom stereocenters. The van der Waals surface area contributed by atoms with Gasteiger partial charge in [-0.25, -0.2) is 0 Å². The van der Waals surface area contributed by atoms with Crippen molar-refractivity contribution in [3.05, 3.63) is 35.4 Å². The molecule has 0 aliphatic carbocycles. The summed E-state index contributed by atoms with van der Waals surface area (Å²) < 4.78 is 11.1. The van der Waals surface area contributed by atoms with E-state index in [0.717, 1.165) is 19.4 Å². The van der Waals surface area contributed by atoms with Crippen molar-refractivity contribution in [2.45, 2.75) is 38.4 Å². The zero-order valence-electron chi connectivity index (χ0n) is 11.0. The van der Waals surface area contributed by atoms with Crippen LogP contribution in [0, 0.1) is 0 Å². The first-order valence-electron chi connectivity index (χ1n) is 6.76. The fourth-order valence-corrected chi connectivity index (χ4v) is 2.35. The molecule has 0 saturated carbocycles. The maximum absolute atomic E-state index is 9.95. The van der Waals surface area contributed by atoms with Gasteiger partial charge in [0.2, 0.25) is 0 Å². The van der Waals surface area contributed by atoms with Gasteiger partial charge in [0.15, 0.2) is 0 Å².